The number of benzene rings is 2. The standard InChI is InChI=1S/C23H26N2O7/c1-28-11-10-25-22(26)19(14-6-8-16(29-2)9-7-14)20(23(25)27)24-15-12-17(30-3)21(32-5)18(13-15)31-4/h6-9,12-13,24H,10-11H2,1-5H3. The number of carbonyl (C=O) groups is 2. The van der Waals surface area contributed by atoms with E-state index in [2.05, 4.69) is 5.32 Å². The minimum Gasteiger partial charge on any atom is -0.497 e. The van der Waals surface area contributed by atoms with Crippen LogP contribution in [0, 0.1) is 0 Å². The van der Waals surface area contributed by atoms with Crippen LogP contribution in [0.2, 0.25) is 0 Å². The topological polar surface area (TPSA) is 95.6 Å². The molecule has 3 rings (SSSR count). The summed E-state index contributed by atoms with van der Waals surface area (Å²) in [6, 6.07) is 10.3. The highest BCUT2D eigenvalue weighted by atomic mass is 16.5. The van der Waals surface area contributed by atoms with Gasteiger partial charge in [-0.3, -0.25) is 14.5 Å². The Morgan fingerprint density at radius 2 is 1.44 bits per heavy atom. The van der Waals surface area contributed by atoms with E-state index in [1.807, 2.05) is 0 Å². The van der Waals surface area contributed by atoms with Crippen LogP contribution in [0.25, 0.3) is 5.57 Å². The second-order valence-electron chi connectivity index (χ2n) is 6.77. The van der Waals surface area contributed by atoms with Crippen molar-refractivity contribution >= 4 is 23.1 Å². The molecule has 2 aromatic rings. The number of ether oxygens (including phenoxy) is 5. The lowest BCUT2D eigenvalue weighted by atomic mass is 10.0. The van der Waals surface area contributed by atoms with Gasteiger partial charge in [-0.05, 0) is 17.7 Å². The molecule has 0 aliphatic carbocycles. The van der Waals surface area contributed by atoms with Crippen molar-refractivity contribution in [3.8, 4) is 23.0 Å². The van der Waals surface area contributed by atoms with Gasteiger partial charge in [0, 0.05) is 24.9 Å². The second-order valence-corrected chi connectivity index (χ2v) is 6.77. The summed E-state index contributed by atoms with van der Waals surface area (Å²) in [5, 5.41) is 3.09. The molecule has 0 fully saturated rings. The molecule has 0 unspecified atom stereocenters. The van der Waals surface area contributed by atoms with Gasteiger partial charge in [-0.2, -0.15) is 0 Å². The molecule has 1 heterocycles. The first-order valence-electron chi connectivity index (χ1n) is 9.79. The van der Waals surface area contributed by atoms with Gasteiger partial charge in [0.1, 0.15) is 11.4 Å². The van der Waals surface area contributed by atoms with Gasteiger partial charge in [-0.15, -0.1) is 0 Å². The van der Waals surface area contributed by atoms with Crippen molar-refractivity contribution in [3.05, 3.63) is 47.7 Å². The average Bonchev–Trinajstić information content (AvgIpc) is 3.05. The molecule has 170 valence electrons. The van der Waals surface area contributed by atoms with Crippen LogP contribution in [0.1, 0.15) is 5.56 Å². The molecule has 1 aliphatic heterocycles. The highest BCUT2D eigenvalue weighted by Crippen LogP contribution is 2.41. The van der Waals surface area contributed by atoms with Crippen molar-refractivity contribution in [2.45, 2.75) is 0 Å². The fourth-order valence-corrected chi connectivity index (χ4v) is 3.40. The molecule has 32 heavy (non-hydrogen) atoms. The maximum absolute atomic E-state index is 13.2. The molecule has 0 aromatic heterocycles. The molecule has 9 heteroatoms. The Morgan fingerprint density at radius 3 is 1.94 bits per heavy atom. The predicted molar refractivity (Wildman–Crippen MR) is 118 cm³/mol. The van der Waals surface area contributed by atoms with Crippen molar-refractivity contribution < 1.29 is 33.3 Å². The van der Waals surface area contributed by atoms with E-state index < -0.39 is 11.8 Å². The van der Waals surface area contributed by atoms with E-state index in [9.17, 15) is 9.59 Å². The summed E-state index contributed by atoms with van der Waals surface area (Å²) in [5.74, 6) is 1.02. The Balaban J connectivity index is 2.08. The van der Waals surface area contributed by atoms with Gasteiger partial charge in [0.25, 0.3) is 11.8 Å². The zero-order chi connectivity index (χ0) is 23.3. The van der Waals surface area contributed by atoms with Gasteiger partial charge in [0.15, 0.2) is 11.5 Å². The molecule has 0 bridgehead atoms. The fourth-order valence-electron chi connectivity index (χ4n) is 3.40. The van der Waals surface area contributed by atoms with Crippen molar-refractivity contribution in [2.75, 3.05) is 54.0 Å². The van der Waals surface area contributed by atoms with Crippen molar-refractivity contribution in [1.82, 2.24) is 4.90 Å². The zero-order valence-electron chi connectivity index (χ0n) is 18.7. The molecule has 0 spiro atoms. The predicted octanol–water partition coefficient (Wildman–Crippen LogP) is 2.56. The van der Waals surface area contributed by atoms with E-state index in [-0.39, 0.29) is 24.4 Å². The third kappa shape index (κ3) is 4.33. The smallest absolute Gasteiger partial charge is 0.278 e. The van der Waals surface area contributed by atoms with Crippen LogP contribution in [0.5, 0.6) is 23.0 Å². The maximum atomic E-state index is 13.2. The zero-order valence-corrected chi connectivity index (χ0v) is 18.7. The molecule has 0 radical (unpaired) electrons. The van der Waals surface area contributed by atoms with Gasteiger partial charge < -0.3 is 29.0 Å². The summed E-state index contributed by atoms with van der Waals surface area (Å²) in [6.45, 7) is 0.360. The number of imide groups is 1. The van der Waals surface area contributed by atoms with Crippen molar-refractivity contribution in [1.29, 1.82) is 0 Å². The number of amides is 2. The monoisotopic (exact) mass is 442 g/mol. The number of nitrogens with one attached hydrogen (secondary N) is 1. The molecule has 2 aromatic carbocycles. The largest absolute Gasteiger partial charge is 0.497 e. The minimum atomic E-state index is -0.452. The van der Waals surface area contributed by atoms with E-state index in [1.165, 1.54) is 28.4 Å². The lowest BCUT2D eigenvalue weighted by molar-refractivity contribution is -0.137. The molecular formula is C23H26N2O7. The van der Waals surface area contributed by atoms with Crippen LogP contribution < -0.4 is 24.3 Å². The van der Waals surface area contributed by atoms with Crippen molar-refractivity contribution in [3.63, 3.8) is 0 Å². The number of methoxy groups -OCH3 is 5. The lowest BCUT2D eigenvalue weighted by Gasteiger charge is -2.16. The minimum absolute atomic E-state index is 0.133. The summed E-state index contributed by atoms with van der Waals surface area (Å²) in [7, 11) is 7.57. The van der Waals surface area contributed by atoms with Crippen LogP contribution in [0.3, 0.4) is 0 Å². The average molecular weight is 442 g/mol. The quantitative estimate of drug-likeness (QED) is 0.561. The van der Waals surface area contributed by atoms with Crippen LogP contribution in [0.15, 0.2) is 42.1 Å². The Morgan fingerprint density at radius 1 is 0.812 bits per heavy atom. The van der Waals surface area contributed by atoms with Crippen LogP contribution >= 0.6 is 0 Å². The third-order valence-corrected chi connectivity index (χ3v) is 5.00. The summed E-state index contributed by atoms with van der Waals surface area (Å²) >= 11 is 0. The molecule has 0 atom stereocenters. The number of nitrogens with zero attached hydrogens (tertiary/aromatic N) is 1. The summed E-state index contributed by atoms with van der Waals surface area (Å²) < 4.78 is 26.4. The van der Waals surface area contributed by atoms with Crippen molar-refractivity contribution in [2.24, 2.45) is 0 Å². The first kappa shape index (κ1) is 23.0. The van der Waals surface area contributed by atoms with Gasteiger partial charge >= 0.3 is 0 Å². The third-order valence-electron chi connectivity index (χ3n) is 5.00. The highest BCUT2D eigenvalue weighted by Gasteiger charge is 2.39. The SMILES string of the molecule is COCCN1C(=O)C(Nc2cc(OC)c(OC)c(OC)c2)=C(c2ccc(OC)cc2)C1=O. The van der Waals surface area contributed by atoms with Crippen LogP contribution in [0.4, 0.5) is 5.69 Å². The highest BCUT2D eigenvalue weighted by molar-refractivity contribution is 6.36. The Hall–Kier alpha value is -3.72. The number of rotatable bonds is 10. The molecule has 9 nitrogen and oxygen atoms in total. The van der Waals surface area contributed by atoms with Gasteiger partial charge in [-0.1, -0.05) is 12.1 Å². The van der Waals surface area contributed by atoms with E-state index in [0.717, 1.165) is 4.90 Å². The Labute approximate surface area is 186 Å². The first-order valence-corrected chi connectivity index (χ1v) is 9.79. The van der Waals surface area contributed by atoms with Gasteiger partial charge in [0.05, 0.1) is 47.2 Å². The normalized spacial score (nSPS) is 13.5. The van der Waals surface area contributed by atoms with E-state index in [0.29, 0.717) is 34.2 Å². The molecule has 1 aliphatic rings. The second kappa shape index (κ2) is 10.1. The molecular weight excluding hydrogens is 416 g/mol. The van der Waals surface area contributed by atoms with Crippen LogP contribution in [-0.4, -0.2) is 65.4 Å². The molecule has 1 N–H and O–H groups in total. The summed E-state index contributed by atoms with van der Waals surface area (Å²) in [5.41, 5.74) is 1.47. The Kier molecular flexibility index (Phi) is 7.21. The first-order chi connectivity index (χ1) is 15.5. The number of carbonyl (C=O) groups excluding carboxylic acids is 2. The van der Waals surface area contributed by atoms with Gasteiger partial charge in [0.2, 0.25) is 5.75 Å². The summed E-state index contributed by atoms with van der Waals surface area (Å²) in [4.78, 5) is 27.5. The Bertz CT molecular complexity index is 1010. The molecule has 2 amide bonds. The molecule has 0 saturated carbocycles. The van der Waals surface area contributed by atoms with E-state index in [1.54, 1.807) is 43.5 Å². The van der Waals surface area contributed by atoms with E-state index in [4.69, 9.17) is 23.7 Å². The number of hydrogen-bond donors (Lipinski definition) is 1. The maximum Gasteiger partial charge on any atom is 0.278 e. The number of anilines is 1. The lowest BCUT2D eigenvalue weighted by Crippen LogP contribution is -2.35. The van der Waals surface area contributed by atoms with E-state index >= 15 is 0 Å². The summed E-state index contributed by atoms with van der Waals surface area (Å²) in [6.07, 6.45) is 0. The fraction of sp³-hybridized carbons (Fsp3) is 0.304. The molecule has 0 saturated heterocycles. The van der Waals surface area contributed by atoms with Gasteiger partial charge in [-0.25, -0.2) is 0 Å². The van der Waals surface area contributed by atoms with Crippen LogP contribution in [-0.2, 0) is 14.3 Å². The number of hydrogen-bond acceptors (Lipinski definition) is 8.